The Kier molecular flexibility index (Phi) is 5.07. The lowest BCUT2D eigenvalue weighted by atomic mass is 10.0. The van der Waals surface area contributed by atoms with Crippen LogP contribution in [0.2, 0.25) is 0 Å². The SMILES string of the molecule is [2H][C@@]1(N2Cc3c(NCc4cccc(C(=O)NC)c4F)cccc3C2=O)CCC(=O)NC1=O. The zero-order valence-electron chi connectivity index (χ0n) is 17.8. The zero-order chi connectivity index (χ0) is 23.0. The summed E-state index contributed by atoms with van der Waals surface area (Å²) >= 11 is 0. The molecule has 3 N–H and O–H groups in total. The van der Waals surface area contributed by atoms with Crippen LogP contribution in [0.3, 0.4) is 0 Å². The van der Waals surface area contributed by atoms with Crippen LogP contribution in [0.4, 0.5) is 10.1 Å². The van der Waals surface area contributed by atoms with Crippen LogP contribution in [0.15, 0.2) is 36.4 Å². The van der Waals surface area contributed by atoms with Gasteiger partial charge in [0.25, 0.3) is 11.8 Å². The van der Waals surface area contributed by atoms with Crippen molar-refractivity contribution < 1.29 is 24.9 Å². The summed E-state index contributed by atoms with van der Waals surface area (Å²) < 4.78 is 23.3. The molecule has 2 aliphatic rings. The number of carbonyl (C=O) groups is 4. The number of nitrogens with one attached hydrogen (secondary N) is 3. The molecule has 0 radical (unpaired) electrons. The Morgan fingerprint density at radius 2 is 2.03 bits per heavy atom. The molecule has 9 heteroatoms. The molecular weight excluding hydrogens is 403 g/mol. The molecule has 0 aromatic heterocycles. The quantitative estimate of drug-likeness (QED) is 0.631. The van der Waals surface area contributed by atoms with Gasteiger partial charge >= 0.3 is 0 Å². The van der Waals surface area contributed by atoms with Gasteiger partial charge < -0.3 is 15.5 Å². The molecule has 2 aromatic rings. The van der Waals surface area contributed by atoms with Crippen molar-refractivity contribution in [1.82, 2.24) is 15.5 Å². The van der Waals surface area contributed by atoms with E-state index in [1.165, 1.54) is 13.1 Å². The first-order valence-electron chi connectivity index (χ1n) is 10.3. The lowest BCUT2D eigenvalue weighted by Crippen LogP contribution is -2.52. The van der Waals surface area contributed by atoms with E-state index in [1.807, 2.05) is 0 Å². The van der Waals surface area contributed by atoms with Gasteiger partial charge in [0.05, 0.1) is 6.93 Å². The molecule has 0 saturated carbocycles. The number of hydrogen-bond donors (Lipinski definition) is 3. The highest BCUT2D eigenvalue weighted by atomic mass is 19.1. The number of halogens is 1. The molecular formula is C22H21FN4O4. The summed E-state index contributed by atoms with van der Waals surface area (Å²) in [5.74, 6) is -2.94. The summed E-state index contributed by atoms with van der Waals surface area (Å²) in [5.41, 5.74) is 1.68. The standard InChI is InChI=1S/C22H21FN4O4/c1-24-20(29)14-6-2-4-12(19(14)23)10-25-16-7-3-5-13-15(16)11-27(22(13)31)17-8-9-18(28)26-21(17)30/h2-7,17,25H,8-11H2,1H3,(H,24,29)(H,26,28,30)/t17-/m1/s1/i17D. The fourth-order valence-corrected chi connectivity index (χ4v) is 3.80. The van der Waals surface area contributed by atoms with E-state index in [2.05, 4.69) is 16.0 Å². The van der Waals surface area contributed by atoms with Gasteiger partial charge in [-0.2, -0.15) is 0 Å². The fourth-order valence-electron chi connectivity index (χ4n) is 3.80. The topological polar surface area (TPSA) is 108 Å². The molecule has 8 nitrogen and oxygen atoms in total. The third-order valence-electron chi connectivity index (χ3n) is 5.42. The van der Waals surface area contributed by atoms with Gasteiger partial charge in [-0.25, -0.2) is 4.39 Å². The number of carbonyl (C=O) groups excluding carboxylic acids is 4. The second-order valence-electron chi connectivity index (χ2n) is 7.26. The first kappa shape index (κ1) is 19.2. The largest absolute Gasteiger partial charge is 0.381 e. The zero-order valence-corrected chi connectivity index (χ0v) is 16.8. The second-order valence-corrected chi connectivity index (χ2v) is 7.26. The molecule has 2 aliphatic heterocycles. The van der Waals surface area contributed by atoms with E-state index in [-0.39, 0.29) is 37.1 Å². The van der Waals surface area contributed by atoms with Gasteiger partial charge in [0.2, 0.25) is 11.8 Å². The third kappa shape index (κ3) is 3.74. The van der Waals surface area contributed by atoms with Gasteiger partial charge in [0, 0.05) is 48.9 Å². The number of nitrogens with zero attached hydrogens (tertiary/aromatic N) is 1. The van der Waals surface area contributed by atoms with Crippen LogP contribution >= 0.6 is 0 Å². The average molecular weight is 425 g/mol. The first-order valence-corrected chi connectivity index (χ1v) is 9.77. The summed E-state index contributed by atoms with van der Waals surface area (Å²) in [7, 11) is 1.42. The molecule has 1 atom stereocenters. The third-order valence-corrected chi connectivity index (χ3v) is 5.42. The van der Waals surface area contributed by atoms with E-state index in [4.69, 9.17) is 1.37 Å². The maximum Gasteiger partial charge on any atom is 0.255 e. The van der Waals surface area contributed by atoms with Crippen LogP contribution < -0.4 is 16.0 Å². The van der Waals surface area contributed by atoms with E-state index in [0.717, 1.165) is 4.90 Å². The van der Waals surface area contributed by atoms with Crippen molar-refractivity contribution in [1.29, 1.82) is 0 Å². The van der Waals surface area contributed by atoms with Crippen molar-refractivity contribution in [2.24, 2.45) is 0 Å². The van der Waals surface area contributed by atoms with Crippen LogP contribution in [0.25, 0.3) is 0 Å². The number of piperidine rings is 1. The summed E-state index contributed by atoms with van der Waals surface area (Å²) in [6.07, 6.45) is -0.112. The Morgan fingerprint density at radius 1 is 1.26 bits per heavy atom. The monoisotopic (exact) mass is 425 g/mol. The number of imide groups is 1. The molecule has 0 spiro atoms. The molecule has 4 amide bonds. The van der Waals surface area contributed by atoms with Crippen LogP contribution in [0.1, 0.15) is 46.1 Å². The molecule has 4 rings (SSSR count). The second kappa shape index (κ2) is 8.17. The van der Waals surface area contributed by atoms with Gasteiger partial charge in [-0.3, -0.25) is 24.5 Å². The number of benzene rings is 2. The Bertz CT molecular complexity index is 1150. The summed E-state index contributed by atoms with van der Waals surface area (Å²) in [4.78, 5) is 49.8. The van der Waals surface area contributed by atoms with Gasteiger partial charge in [0.1, 0.15) is 11.8 Å². The highest BCUT2D eigenvalue weighted by Crippen LogP contribution is 2.32. The summed E-state index contributed by atoms with van der Waals surface area (Å²) in [5, 5.41) is 7.62. The van der Waals surface area contributed by atoms with E-state index in [0.29, 0.717) is 16.8 Å². The number of fused-ring (bicyclic) bond motifs is 1. The van der Waals surface area contributed by atoms with Crippen molar-refractivity contribution in [2.45, 2.75) is 31.9 Å². The molecule has 2 heterocycles. The van der Waals surface area contributed by atoms with Crippen molar-refractivity contribution in [3.63, 3.8) is 0 Å². The number of anilines is 1. The molecule has 0 bridgehead atoms. The number of amides is 4. The predicted octanol–water partition coefficient (Wildman–Crippen LogP) is 1.56. The summed E-state index contributed by atoms with van der Waals surface area (Å²) in [6, 6.07) is 7.62. The Balaban J connectivity index is 1.58. The molecule has 1 fully saturated rings. The normalized spacial score (nSPS) is 20.8. The Morgan fingerprint density at radius 3 is 2.77 bits per heavy atom. The van der Waals surface area contributed by atoms with Gasteiger partial charge in [-0.1, -0.05) is 18.2 Å². The highest BCUT2D eigenvalue weighted by Gasteiger charge is 2.39. The van der Waals surface area contributed by atoms with Crippen LogP contribution in [0, 0.1) is 5.82 Å². The van der Waals surface area contributed by atoms with Crippen molar-refractivity contribution in [3.05, 3.63) is 64.5 Å². The van der Waals surface area contributed by atoms with Gasteiger partial charge in [-0.05, 0) is 24.6 Å². The highest BCUT2D eigenvalue weighted by molar-refractivity contribution is 6.06. The van der Waals surface area contributed by atoms with Gasteiger partial charge in [0.15, 0.2) is 0 Å². The van der Waals surface area contributed by atoms with Crippen molar-refractivity contribution in [2.75, 3.05) is 12.4 Å². The van der Waals surface area contributed by atoms with E-state index >= 15 is 0 Å². The minimum absolute atomic E-state index is 0.00319. The van der Waals surface area contributed by atoms with Crippen LogP contribution in [-0.2, 0) is 22.7 Å². The fraction of sp³-hybridized carbons (Fsp3) is 0.273. The van der Waals surface area contributed by atoms with Crippen molar-refractivity contribution in [3.8, 4) is 0 Å². The lowest BCUT2D eigenvalue weighted by molar-refractivity contribution is -0.136. The van der Waals surface area contributed by atoms with E-state index in [9.17, 15) is 23.6 Å². The Labute approximate surface area is 179 Å². The minimum Gasteiger partial charge on any atom is -0.381 e. The number of hydrogen-bond acceptors (Lipinski definition) is 5. The Hall–Kier alpha value is -3.75. The minimum atomic E-state index is -1.88. The molecule has 160 valence electrons. The van der Waals surface area contributed by atoms with Crippen LogP contribution in [-0.4, -0.2) is 41.6 Å². The lowest BCUT2D eigenvalue weighted by Gasteiger charge is -2.29. The van der Waals surface area contributed by atoms with E-state index < -0.39 is 35.5 Å². The molecule has 0 unspecified atom stereocenters. The first-order chi connectivity index (χ1) is 15.3. The molecule has 0 aliphatic carbocycles. The molecule has 1 saturated heterocycles. The number of rotatable bonds is 5. The van der Waals surface area contributed by atoms with Gasteiger partial charge in [-0.15, -0.1) is 0 Å². The molecule has 31 heavy (non-hydrogen) atoms. The van der Waals surface area contributed by atoms with E-state index in [1.54, 1.807) is 30.3 Å². The van der Waals surface area contributed by atoms with Crippen LogP contribution in [0.5, 0.6) is 0 Å². The predicted molar refractivity (Wildman–Crippen MR) is 110 cm³/mol. The van der Waals surface area contributed by atoms with Crippen molar-refractivity contribution >= 4 is 29.3 Å². The average Bonchev–Trinajstić information content (AvgIpc) is 3.13. The smallest absolute Gasteiger partial charge is 0.255 e. The molecule has 2 aromatic carbocycles. The maximum atomic E-state index is 14.7. The maximum absolute atomic E-state index is 14.7. The summed E-state index contributed by atoms with van der Waals surface area (Å²) in [6.45, 7) is 0.0610.